The normalized spacial score (nSPS) is 22.1. The van der Waals surface area contributed by atoms with Crippen LogP contribution in [0.3, 0.4) is 0 Å². The number of hydrogen-bond acceptors (Lipinski definition) is 10. The summed E-state index contributed by atoms with van der Waals surface area (Å²) in [5.41, 5.74) is 12.0. The topological polar surface area (TPSA) is 232 Å². The van der Waals surface area contributed by atoms with Crippen molar-refractivity contribution in [2.45, 2.75) is 71.0 Å². The van der Waals surface area contributed by atoms with E-state index in [0.717, 1.165) is 16.7 Å². The Hall–Kier alpha value is -5.60. The second-order valence-electron chi connectivity index (χ2n) is 13.7. The standard InChI is InChI=1S/C34H36N8O7/c1-17(33-5-8-34(9-6-33,10-7-33)32(48)49)39-31(47)23-13-22(40-29-21(28(36)45)15-38-42(23)29)30(46)37-14-18-2-3-19-4-11-41(16-20(19)12-18)25-24(35)26(43)27(25)44/h2-3,12-13,15,17H,4-11,14,16,35H2,1H3,(H2,36,45)(H,37,46)(H,39,47)(H,48,49). The maximum Gasteiger partial charge on any atom is 0.309 e. The number of fused-ring (bicyclic) bond motifs is 5. The molecular weight excluding hydrogens is 632 g/mol. The molecule has 3 amide bonds. The SMILES string of the molecule is CC(NC(=O)c1cc(C(=O)NCc2ccc3c(c2)CN(c2c(N)c(=O)c2=O)CC3)nc2c(C(N)=O)cnn12)C12CCC(C(=O)O)(CC1)CC2. The number of carbonyl (C=O) groups excluding carboxylic acids is 3. The lowest BCUT2D eigenvalue weighted by molar-refractivity contribution is -0.159. The van der Waals surface area contributed by atoms with E-state index in [-0.39, 0.29) is 52.0 Å². The summed E-state index contributed by atoms with van der Waals surface area (Å²) in [6.07, 6.45) is 5.57. The van der Waals surface area contributed by atoms with Gasteiger partial charge in [-0.15, -0.1) is 0 Å². The Balaban J connectivity index is 1.09. The number of hydrogen-bond donors (Lipinski definition) is 5. The average molecular weight is 669 g/mol. The van der Waals surface area contributed by atoms with E-state index in [1.807, 2.05) is 25.1 Å². The number of aliphatic carboxylic acids is 1. The van der Waals surface area contributed by atoms with E-state index in [1.165, 1.54) is 16.8 Å². The maximum atomic E-state index is 13.8. The Bertz CT molecular complexity index is 2120. The number of nitrogens with zero attached hydrogens (tertiary/aromatic N) is 4. The smallest absolute Gasteiger partial charge is 0.309 e. The molecule has 2 aromatic heterocycles. The number of carboxylic acids is 1. The summed E-state index contributed by atoms with van der Waals surface area (Å²) in [7, 11) is 0. The first-order valence-corrected chi connectivity index (χ1v) is 16.3. The molecule has 7 N–H and O–H groups in total. The van der Waals surface area contributed by atoms with Crippen molar-refractivity contribution < 1.29 is 24.3 Å². The fraction of sp³-hybridized carbons (Fsp3) is 0.412. The summed E-state index contributed by atoms with van der Waals surface area (Å²) in [5.74, 6) is -2.70. The van der Waals surface area contributed by atoms with Crippen molar-refractivity contribution >= 4 is 40.7 Å². The molecule has 3 heterocycles. The van der Waals surface area contributed by atoms with Gasteiger partial charge in [0.05, 0.1) is 11.6 Å². The zero-order valence-electron chi connectivity index (χ0n) is 26.9. The molecular formula is C34H36N8O7. The van der Waals surface area contributed by atoms with Gasteiger partial charge in [0.15, 0.2) is 5.65 Å². The number of benzene rings is 1. The molecule has 4 aliphatic rings. The highest BCUT2D eigenvalue weighted by atomic mass is 16.4. The van der Waals surface area contributed by atoms with Gasteiger partial charge in [0, 0.05) is 31.7 Å². The molecule has 254 valence electrons. The molecule has 1 aliphatic heterocycles. The van der Waals surface area contributed by atoms with Crippen molar-refractivity contribution in [1.29, 1.82) is 0 Å². The van der Waals surface area contributed by atoms with E-state index in [0.29, 0.717) is 58.0 Å². The highest BCUT2D eigenvalue weighted by molar-refractivity contribution is 6.02. The highest BCUT2D eigenvalue weighted by Gasteiger charge is 2.54. The van der Waals surface area contributed by atoms with E-state index < -0.39 is 40.0 Å². The van der Waals surface area contributed by atoms with Crippen LogP contribution in [-0.4, -0.2) is 56.0 Å². The monoisotopic (exact) mass is 668 g/mol. The molecule has 3 fully saturated rings. The number of anilines is 2. The zero-order valence-corrected chi connectivity index (χ0v) is 26.9. The van der Waals surface area contributed by atoms with Crippen molar-refractivity contribution in [3.63, 3.8) is 0 Å². The minimum atomic E-state index is -0.821. The molecule has 8 rings (SSSR count). The van der Waals surface area contributed by atoms with Gasteiger partial charge >= 0.3 is 5.97 Å². The zero-order chi connectivity index (χ0) is 34.8. The van der Waals surface area contributed by atoms with Crippen LogP contribution in [0.5, 0.6) is 0 Å². The summed E-state index contributed by atoms with van der Waals surface area (Å²) in [5, 5.41) is 19.8. The van der Waals surface area contributed by atoms with Crippen LogP contribution in [0.2, 0.25) is 0 Å². The average Bonchev–Trinajstić information content (AvgIpc) is 3.55. The molecule has 0 spiro atoms. The van der Waals surface area contributed by atoms with Gasteiger partial charge in [-0.3, -0.25) is 28.8 Å². The Morgan fingerprint density at radius 2 is 1.71 bits per heavy atom. The highest BCUT2D eigenvalue weighted by Crippen LogP contribution is 2.58. The second kappa shape index (κ2) is 11.5. The first-order chi connectivity index (χ1) is 23.3. The van der Waals surface area contributed by atoms with Crippen LogP contribution in [0.15, 0.2) is 40.1 Å². The number of rotatable bonds is 9. The Labute approximate surface area is 279 Å². The number of nitrogens with two attached hydrogens (primary N) is 2. The summed E-state index contributed by atoms with van der Waals surface area (Å²) in [6.45, 7) is 2.96. The Morgan fingerprint density at radius 1 is 1.00 bits per heavy atom. The minimum Gasteiger partial charge on any atom is -0.481 e. The number of aromatic nitrogens is 3. The lowest BCUT2D eigenvalue weighted by atomic mass is 9.52. The summed E-state index contributed by atoms with van der Waals surface area (Å²) < 4.78 is 1.19. The Kier molecular flexibility index (Phi) is 7.52. The van der Waals surface area contributed by atoms with Crippen LogP contribution in [-0.2, 0) is 24.3 Å². The molecule has 2 aromatic carbocycles. The summed E-state index contributed by atoms with van der Waals surface area (Å²) >= 11 is 0. The first-order valence-electron chi connectivity index (χ1n) is 16.3. The third-order valence-electron chi connectivity index (χ3n) is 11.2. The van der Waals surface area contributed by atoms with Crippen LogP contribution >= 0.6 is 0 Å². The third-order valence-corrected chi connectivity index (χ3v) is 11.2. The van der Waals surface area contributed by atoms with Crippen molar-refractivity contribution in [2.75, 3.05) is 17.2 Å². The number of nitrogens with one attached hydrogen (secondary N) is 2. The van der Waals surface area contributed by atoms with Gasteiger partial charge in [0.25, 0.3) is 28.6 Å². The van der Waals surface area contributed by atoms with Crippen LogP contribution in [0.25, 0.3) is 5.65 Å². The van der Waals surface area contributed by atoms with Crippen LogP contribution in [0.1, 0.15) is 93.5 Å². The van der Waals surface area contributed by atoms with E-state index in [4.69, 9.17) is 11.5 Å². The Morgan fingerprint density at radius 3 is 2.37 bits per heavy atom. The minimum absolute atomic E-state index is 0.0103. The maximum absolute atomic E-state index is 13.8. The summed E-state index contributed by atoms with van der Waals surface area (Å²) in [6, 6.07) is 6.78. The largest absolute Gasteiger partial charge is 0.481 e. The molecule has 0 radical (unpaired) electrons. The van der Waals surface area contributed by atoms with E-state index >= 15 is 0 Å². The van der Waals surface area contributed by atoms with Crippen LogP contribution < -0.4 is 37.9 Å². The predicted molar refractivity (Wildman–Crippen MR) is 177 cm³/mol. The molecule has 3 aliphatic carbocycles. The second-order valence-corrected chi connectivity index (χ2v) is 13.7. The lowest BCUT2D eigenvalue weighted by Gasteiger charge is -2.54. The number of primary amides is 1. The molecule has 4 aromatic rings. The summed E-state index contributed by atoms with van der Waals surface area (Å²) in [4.78, 5) is 81.2. The molecule has 49 heavy (non-hydrogen) atoms. The predicted octanol–water partition coefficient (Wildman–Crippen LogP) is 1.04. The molecule has 15 nitrogen and oxygen atoms in total. The van der Waals surface area contributed by atoms with Gasteiger partial charge in [-0.1, -0.05) is 18.2 Å². The number of carboxylic acid groups (broad SMARTS) is 1. The number of carbonyl (C=O) groups is 4. The molecule has 2 bridgehead atoms. The van der Waals surface area contributed by atoms with Crippen molar-refractivity contribution in [2.24, 2.45) is 16.6 Å². The van der Waals surface area contributed by atoms with Crippen LogP contribution in [0.4, 0.5) is 11.4 Å². The molecule has 3 saturated carbocycles. The van der Waals surface area contributed by atoms with Crippen LogP contribution in [0, 0.1) is 10.8 Å². The van der Waals surface area contributed by atoms with Gasteiger partial charge in [-0.25, -0.2) is 9.50 Å². The van der Waals surface area contributed by atoms with Gasteiger partial charge in [0.1, 0.15) is 28.3 Å². The van der Waals surface area contributed by atoms with E-state index in [1.54, 1.807) is 4.90 Å². The van der Waals surface area contributed by atoms with Gasteiger partial charge in [-0.2, -0.15) is 5.10 Å². The van der Waals surface area contributed by atoms with Crippen molar-refractivity contribution in [3.8, 4) is 0 Å². The van der Waals surface area contributed by atoms with E-state index in [2.05, 4.69) is 20.7 Å². The van der Waals surface area contributed by atoms with E-state index in [9.17, 15) is 33.9 Å². The van der Waals surface area contributed by atoms with Gasteiger partial charge < -0.3 is 32.1 Å². The first kappa shape index (κ1) is 32.0. The lowest BCUT2D eigenvalue weighted by Crippen LogP contribution is -2.54. The van der Waals surface area contributed by atoms with Crippen molar-refractivity contribution in [3.05, 3.63) is 84.6 Å². The number of nitrogen functional groups attached to an aromatic ring is 1. The fourth-order valence-electron chi connectivity index (χ4n) is 7.92. The number of amides is 3. The quantitative estimate of drug-likeness (QED) is 0.158. The van der Waals surface area contributed by atoms with Gasteiger partial charge in [-0.05, 0) is 74.0 Å². The molecule has 1 unspecified atom stereocenters. The van der Waals surface area contributed by atoms with Crippen molar-refractivity contribution in [1.82, 2.24) is 25.2 Å². The molecule has 15 heteroatoms. The van der Waals surface area contributed by atoms with Gasteiger partial charge in [0.2, 0.25) is 0 Å². The third kappa shape index (κ3) is 5.20. The fourth-order valence-corrected chi connectivity index (χ4v) is 7.92. The molecule has 0 saturated heterocycles. The molecule has 1 atom stereocenters.